The van der Waals surface area contributed by atoms with Crippen molar-refractivity contribution >= 4 is 39.6 Å². The summed E-state index contributed by atoms with van der Waals surface area (Å²) in [5.41, 5.74) is 3.06. The van der Waals surface area contributed by atoms with E-state index in [1.54, 1.807) is 38.1 Å². The van der Waals surface area contributed by atoms with Crippen molar-refractivity contribution in [3.63, 3.8) is 0 Å². The van der Waals surface area contributed by atoms with Crippen LogP contribution in [0.2, 0.25) is 0 Å². The molecule has 0 spiro atoms. The molecule has 7 nitrogen and oxygen atoms in total. The molecule has 3 N–H and O–H groups in total. The van der Waals surface area contributed by atoms with Crippen molar-refractivity contribution in [2.24, 2.45) is 0 Å². The lowest BCUT2D eigenvalue weighted by Gasteiger charge is -2.15. The first kappa shape index (κ1) is 20.2. The fraction of sp³-hybridized carbons (Fsp3) is 0.273. The van der Waals surface area contributed by atoms with Gasteiger partial charge in [0.2, 0.25) is 0 Å². The molecule has 1 amide bonds. The predicted octanol–water partition coefficient (Wildman–Crippen LogP) is 4.29. The van der Waals surface area contributed by atoms with Gasteiger partial charge in [-0.25, -0.2) is 4.98 Å². The van der Waals surface area contributed by atoms with E-state index in [0.29, 0.717) is 17.2 Å². The first-order valence-corrected chi connectivity index (χ1v) is 11.0. The smallest absolute Gasteiger partial charge is 0.268 e. The Balaban J connectivity index is 1.63. The van der Waals surface area contributed by atoms with Gasteiger partial charge in [0.25, 0.3) is 5.91 Å². The first-order valence-electron chi connectivity index (χ1n) is 9.62. The van der Waals surface area contributed by atoms with Gasteiger partial charge in [0, 0.05) is 11.5 Å². The quantitative estimate of drug-likeness (QED) is 0.393. The zero-order valence-electron chi connectivity index (χ0n) is 17.1. The molecule has 0 unspecified atom stereocenters. The third kappa shape index (κ3) is 3.95. The van der Waals surface area contributed by atoms with Crippen molar-refractivity contribution in [2.75, 3.05) is 26.2 Å². The molecule has 156 valence electrons. The number of thioether (sulfide) groups is 1. The van der Waals surface area contributed by atoms with Crippen LogP contribution in [0.1, 0.15) is 28.8 Å². The van der Waals surface area contributed by atoms with Crippen molar-refractivity contribution in [1.29, 1.82) is 0 Å². The number of fused-ring (bicyclic) bond motifs is 2. The number of benzene rings is 2. The highest BCUT2D eigenvalue weighted by molar-refractivity contribution is 7.98. The molecule has 0 aliphatic heterocycles. The van der Waals surface area contributed by atoms with Crippen LogP contribution < -0.4 is 14.8 Å². The summed E-state index contributed by atoms with van der Waals surface area (Å²) in [7, 11) is 3.19. The molecular formula is C22H24N4O3S. The molecule has 2 aromatic heterocycles. The lowest BCUT2D eigenvalue weighted by molar-refractivity contribution is 0.0930. The molecule has 4 rings (SSSR count). The molecule has 1 atom stereocenters. The number of ether oxygens (including phenoxy) is 2. The van der Waals surface area contributed by atoms with Crippen LogP contribution in [-0.2, 0) is 0 Å². The van der Waals surface area contributed by atoms with Gasteiger partial charge in [-0.15, -0.1) is 0 Å². The summed E-state index contributed by atoms with van der Waals surface area (Å²) in [5.74, 6) is 2.76. The lowest BCUT2D eigenvalue weighted by Crippen LogP contribution is -2.30. The summed E-state index contributed by atoms with van der Waals surface area (Å²) < 4.78 is 10.8. The first-order chi connectivity index (χ1) is 14.6. The van der Waals surface area contributed by atoms with Gasteiger partial charge in [0.05, 0.1) is 36.8 Å². The number of carbonyl (C=O) groups excluding carboxylic acids is 1. The van der Waals surface area contributed by atoms with Crippen molar-refractivity contribution < 1.29 is 14.3 Å². The van der Waals surface area contributed by atoms with E-state index in [0.717, 1.165) is 39.9 Å². The normalized spacial score (nSPS) is 12.2. The van der Waals surface area contributed by atoms with Gasteiger partial charge in [-0.2, -0.15) is 11.8 Å². The lowest BCUT2D eigenvalue weighted by atomic mass is 10.2. The van der Waals surface area contributed by atoms with Crippen molar-refractivity contribution in [2.45, 2.75) is 12.5 Å². The Kier molecular flexibility index (Phi) is 5.85. The van der Waals surface area contributed by atoms with Crippen molar-refractivity contribution in [3.8, 4) is 11.5 Å². The Labute approximate surface area is 178 Å². The number of aromatic nitrogens is 3. The number of nitrogens with zero attached hydrogens (tertiary/aromatic N) is 1. The number of H-pyrrole nitrogens is 2. The number of imidazole rings is 1. The molecule has 4 aromatic rings. The summed E-state index contributed by atoms with van der Waals surface area (Å²) in [4.78, 5) is 24.3. The van der Waals surface area contributed by atoms with E-state index in [-0.39, 0.29) is 11.9 Å². The second-order valence-electron chi connectivity index (χ2n) is 6.92. The van der Waals surface area contributed by atoms with Gasteiger partial charge in [0.15, 0.2) is 0 Å². The van der Waals surface area contributed by atoms with E-state index in [9.17, 15) is 4.79 Å². The third-order valence-electron chi connectivity index (χ3n) is 5.02. The highest BCUT2D eigenvalue weighted by Gasteiger charge is 2.21. The Bertz CT molecular complexity index is 1150. The van der Waals surface area contributed by atoms with Crippen LogP contribution in [0, 0.1) is 0 Å². The molecule has 8 heteroatoms. The number of hydrogen-bond acceptors (Lipinski definition) is 5. The monoisotopic (exact) mass is 424 g/mol. The largest absolute Gasteiger partial charge is 0.497 e. The fourth-order valence-corrected chi connectivity index (χ4v) is 3.94. The van der Waals surface area contributed by atoms with Crippen LogP contribution in [0.15, 0.2) is 42.5 Å². The maximum absolute atomic E-state index is 13.1. The van der Waals surface area contributed by atoms with E-state index in [1.807, 2.05) is 30.3 Å². The summed E-state index contributed by atoms with van der Waals surface area (Å²) >= 11 is 1.74. The second-order valence-corrected chi connectivity index (χ2v) is 7.91. The summed E-state index contributed by atoms with van der Waals surface area (Å²) in [6.45, 7) is 0. The van der Waals surface area contributed by atoms with E-state index in [2.05, 4.69) is 26.5 Å². The number of methoxy groups -OCH3 is 2. The molecule has 2 aromatic carbocycles. The third-order valence-corrected chi connectivity index (χ3v) is 5.66. The van der Waals surface area contributed by atoms with Gasteiger partial charge in [-0.1, -0.05) is 12.1 Å². The Morgan fingerprint density at radius 3 is 2.73 bits per heavy atom. The highest BCUT2D eigenvalue weighted by atomic mass is 32.2. The topological polar surface area (TPSA) is 92.0 Å². The zero-order valence-corrected chi connectivity index (χ0v) is 17.9. The summed E-state index contributed by atoms with van der Waals surface area (Å²) in [6, 6.07) is 13.1. The van der Waals surface area contributed by atoms with Gasteiger partial charge in [-0.3, -0.25) is 4.79 Å². The average Bonchev–Trinajstić information content (AvgIpc) is 3.39. The van der Waals surface area contributed by atoms with E-state index >= 15 is 0 Å². The average molecular weight is 425 g/mol. The highest BCUT2D eigenvalue weighted by Crippen LogP contribution is 2.31. The summed E-state index contributed by atoms with van der Waals surface area (Å²) in [6.07, 6.45) is 2.82. The summed E-state index contributed by atoms with van der Waals surface area (Å²) in [5, 5.41) is 3.97. The Hall–Kier alpha value is -3.13. The second kappa shape index (κ2) is 8.71. The molecule has 0 saturated carbocycles. The van der Waals surface area contributed by atoms with Gasteiger partial charge < -0.3 is 24.8 Å². The maximum atomic E-state index is 13.1. The fourth-order valence-electron chi connectivity index (χ4n) is 3.47. The number of nitrogens with one attached hydrogen (secondary N) is 3. The van der Waals surface area contributed by atoms with E-state index in [1.165, 1.54) is 0 Å². The predicted molar refractivity (Wildman–Crippen MR) is 121 cm³/mol. The minimum Gasteiger partial charge on any atom is -0.497 e. The van der Waals surface area contributed by atoms with Crippen molar-refractivity contribution in [1.82, 2.24) is 20.3 Å². The molecule has 0 radical (unpaired) electrons. The SMILES string of the molecule is COc1cc(OC)c2[nH]c(C(=O)N[C@H](CCSC)c3nc4ccccc4[nH]3)cc2c1. The molecule has 2 heterocycles. The Morgan fingerprint density at radius 1 is 1.17 bits per heavy atom. The molecule has 30 heavy (non-hydrogen) atoms. The number of aromatic amines is 2. The van der Waals surface area contributed by atoms with Crippen LogP contribution in [0.3, 0.4) is 0 Å². The van der Waals surface area contributed by atoms with Crippen LogP contribution in [0.4, 0.5) is 0 Å². The number of rotatable bonds is 8. The zero-order chi connectivity index (χ0) is 21.1. The minimum absolute atomic E-state index is 0.196. The molecule has 0 bridgehead atoms. The van der Waals surface area contributed by atoms with Crippen LogP contribution >= 0.6 is 11.8 Å². The van der Waals surface area contributed by atoms with Crippen LogP contribution in [-0.4, -0.2) is 47.1 Å². The number of amides is 1. The van der Waals surface area contributed by atoms with E-state index < -0.39 is 0 Å². The maximum Gasteiger partial charge on any atom is 0.268 e. The van der Waals surface area contributed by atoms with Gasteiger partial charge in [-0.05, 0) is 42.7 Å². The Morgan fingerprint density at radius 2 is 2.00 bits per heavy atom. The number of hydrogen-bond donors (Lipinski definition) is 3. The molecule has 0 aliphatic rings. The van der Waals surface area contributed by atoms with Gasteiger partial charge >= 0.3 is 0 Å². The molecule has 0 fully saturated rings. The molecular weight excluding hydrogens is 400 g/mol. The minimum atomic E-state index is -0.222. The molecule has 0 saturated heterocycles. The molecule has 0 aliphatic carbocycles. The number of carbonyl (C=O) groups is 1. The van der Waals surface area contributed by atoms with Crippen molar-refractivity contribution in [3.05, 3.63) is 54.0 Å². The van der Waals surface area contributed by atoms with E-state index in [4.69, 9.17) is 9.47 Å². The van der Waals surface area contributed by atoms with Crippen LogP contribution in [0.5, 0.6) is 11.5 Å². The number of para-hydroxylation sites is 2. The van der Waals surface area contributed by atoms with Crippen LogP contribution in [0.25, 0.3) is 21.9 Å². The standard InChI is InChI=1S/C22H24N4O3S/c1-28-14-10-13-11-18(23-20(13)19(12-14)29-2)22(27)26-17(8-9-30-3)21-24-15-6-4-5-7-16(15)25-21/h4-7,10-12,17,23H,8-9H2,1-3H3,(H,24,25)(H,26,27)/t17-/m1/s1. The van der Waals surface area contributed by atoms with Gasteiger partial charge in [0.1, 0.15) is 23.0 Å².